The van der Waals surface area contributed by atoms with Gasteiger partial charge in [-0.1, -0.05) is 44.4 Å². The molecule has 1 aliphatic carbocycles. The van der Waals surface area contributed by atoms with Crippen molar-refractivity contribution in [1.29, 1.82) is 0 Å². The fraction of sp³-hybridized carbons (Fsp3) is 0.533. The highest BCUT2D eigenvalue weighted by atomic mass is 14.8. The van der Waals surface area contributed by atoms with Gasteiger partial charge in [-0.2, -0.15) is 0 Å². The van der Waals surface area contributed by atoms with E-state index in [1.54, 1.807) is 0 Å². The van der Waals surface area contributed by atoms with E-state index >= 15 is 0 Å². The predicted molar refractivity (Wildman–Crippen MR) is 68.6 cm³/mol. The zero-order valence-electron chi connectivity index (χ0n) is 10.00. The first kappa shape index (κ1) is 10.1. The Labute approximate surface area is 97.6 Å². The summed E-state index contributed by atoms with van der Waals surface area (Å²) in [5.41, 5.74) is 4.37. The minimum absolute atomic E-state index is 0.247. The highest BCUT2D eigenvalue weighted by Crippen LogP contribution is 2.45. The second kappa shape index (κ2) is 3.73. The van der Waals surface area contributed by atoms with Crippen LogP contribution in [0.2, 0.25) is 0 Å². The first-order chi connectivity index (χ1) is 7.81. The molecule has 3 rings (SSSR count). The van der Waals surface area contributed by atoms with Crippen LogP contribution in [-0.4, -0.2) is 5.71 Å². The summed E-state index contributed by atoms with van der Waals surface area (Å²) < 4.78 is 0. The van der Waals surface area contributed by atoms with Crippen LogP contribution in [0.25, 0.3) is 0 Å². The smallest absolute Gasteiger partial charge is 0.0670 e. The van der Waals surface area contributed by atoms with Crippen molar-refractivity contribution in [2.45, 2.75) is 50.9 Å². The quantitative estimate of drug-likeness (QED) is 0.606. The summed E-state index contributed by atoms with van der Waals surface area (Å²) in [6.45, 7) is 2.39. The summed E-state index contributed by atoms with van der Waals surface area (Å²) in [5, 5.41) is 0. The Bertz CT molecular complexity index is 433. The first-order valence-electron chi connectivity index (χ1n) is 6.48. The van der Waals surface area contributed by atoms with Gasteiger partial charge in [0, 0.05) is 11.1 Å². The summed E-state index contributed by atoms with van der Waals surface area (Å²) >= 11 is 0. The number of nitrogens with zero attached hydrogens (tertiary/aromatic N) is 1. The van der Waals surface area contributed by atoms with Crippen molar-refractivity contribution in [2.75, 3.05) is 0 Å². The number of aliphatic imine (C=N–C) groups is 1. The van der Waals surface area contributed by atoms with Gasteiger partial charge < -0.3 is 0 Å². The maximum atomic E-state index is 4.86. The fourth-order valence-electron chi connectivity index (χ4n) is 3.20. The van der Waals surface area contributed by atoms with E-state index in [1.807, 2.05) is 0 Å². The number of fused-ring (bicyclic) bond motifs is 3. The van der Waals surface area contributed by atoms with E-state index in [1.165, 1.54) is 55.5 Å². The van der Waals surface area contributed by atoms with Gasteiger partial charge in [0.25, 0.3) is 0 Å². The molecule has 1 atom stereocenters. The van der Waals surface area contributed by atoms with E-state index in [-0.39, 0.29) is 5.41 Å². The fourth-order valence-corrected chi connectivity index (χ4v) is 3.20. The Kier molecular flexibility index (Phi) is 2.34. The molecule has 1 aromatic rings. The number of hydrogen-bond donors (Lipinski definition) is 0. The second-order valence-electron chi connectivity index (χ2n) is 5.32. The molecule has 0 N–H and O–H groups in total. The van der Waals surface area contributed by atoms with Crippen LogP contribution in [-0.2, 0) is 5.41 Å². The van der Waals surface area contributed by atoms with Crippen LogP contribution >= 0.6 is 0 Å². The molecule has 1 aromatic carbocycles. The summed E-state index contributed by atoms with van der Waals surface area (Å²) in [6.07, 6.45) is 7.93. The van der Waals surface area contributed by atoms with Gasteiger partial charge in [-0.05, 0) is 30.9 Å². The van der Waals surface area contributed by atoms with Gasteiger partial charge in [-0.3, -0.25) is 4.99 Å². The first-order valence-corrected chi connectivity index (χ1v) is 6.48. The standard InChI is InChI=1S/C15H19N/c1-15-11-7-3-2-4-10-14(15)16-13-9-6-5-8-12(13)15/h5-6,8-9H,2-4,7,10-11H2,1H3. The molecule has 84 valence electrons. The van der Waals surface area contributed by atoms with Gasteiger partial charge in [0.1, 0.15) is 0 Å². The van der Waals surface area contributed by atoms with Gasteiger partial charge in [0.2, 0.25) is 0 Å². The van der Waals surface area contributed by atoms with Crippen molar-refractivity contribution >= 4 is 11.4 Å². The lowest BCUT2D eigenvalue weighted by Crippen LogP contribution is -2.30. The van der Waals surface area contributed by atoms with Crippen LogP contribution in [0.1, 0.15) is 51.0 Å². The average Bonchev–Trinajstić information content (AvgIpc) is 2.54. The molecule has 2 aliphatic rings. The Morgan fingerprint density at radius 2 is 1.88 bits per heavy atom. The van der Waals surface area contributed by atoms with E-state index in [0.29, 0.717) is 0 Å². The third-order valence-corrected chi connectivity index (χ3v) is 4.23. The van der Waals surface area contributed by atoms with Crippen molar-refractivity contribution < 1.29 is 0 Å². The number of hydrogen-bond acceptors (Lipinski definition) is 1. The molecule has 1 aliphatic heterocycles. The molecule has 0 aromatic heterocycles. The normalized spacial score (nSPS) is 28.7. The van der Waals surface area contributed by atoms with Crippen LogP contribution in [0.15, 0.2) is 29.3 Å². The van der Waals surface area contributed by atoms with E-state index in [2.05, 4.69) is 31.2 Å². The molecule has 1 heterocycles. The van der Waals surface area contributed by atoms with Gasteiger partial charge in [0.15, 0.2) is 0 Å². The van der Waals surface area contributed by atoms with Crippen LogP contribution in [0, 0.1) is 0 Å². The molecular weight excluding hydrogens is 194 g/mol. The van der Waals surface area contributed by atoms with Crippen molar-refractivity contribution in [1.82, 2.24) is 0 Å². The molecule has 0 spiro atoms. The number of para-hydroxylation sites is 1. The lowest BCUT2D eigenvalue weighted by atomic mass is 9.73. The van der Waals surface area contributed by atoms with Crippen LogP contribution in [0.4, 0.5) is 5.69 Å². The Morgan fingerprint density at radius 1 is 1.06 bits per heavy atom. The largest absolute Gasteiger partial charge is 0.257 e. The van der Waals surface area contributed by atoms with Gasteiger partial charge >= 0.3 is 0 Å². The Balaban J connectivity index is 2.06. The van der Waals surface area contributed by atoms with Gasteiger partial charge in [-0.15, -0.1) is 0 Å². The van der Waals surface area contributed by atoms with E-state index in [0.717, 1.165) is 0 Å². The molecule has 0 saturated heterocycles. The Morgan fingerprint density at radius 3 is 2.81 bits per heavy atom. The van der Waals surface area contributed by atoms with Crippen LogP contribution in [0.3, 0.4) is 0 Å². The Hall–Kier alpha value is -1.11. The lowest BCUT2D eigenvalue weighted by molar-refractivity contribution is 0.493. The minimum atomic E-state index is 0.247. The van der Waals surface area contributed by atoms with Gasteiger partial charge in [-0.25, -0.2) is 0 Å². The van der Waals surface area contributed by atoms with E-state index < -0.39 is 0 Å². The molecular formula is C15H19N. The molecule has 16 heavy (non-hydrogen) atoms. The highest BCUT2D eigenvalue weighted by Gasteiger charge is 2.38. The molecule has 0 amide bonds. The molecule has 0 bridgehead atoms. The number of benzene rings is 1. The van der Waals surface area contributed by atoms with Gasteiger partial charge in [0.05, 0.1) is 5.69 Å². The summed E-state index contributed by atoms with van der Waals surface area (Å²) in [5.74, 6) is 0. The van der Waals surface area contributed by atoms with Crippen LogP contribution in [0.5, 0.6) is 0 Å². The summed E-state index contributed by atoms with van der Waals surface area (Å²) in [6, 6.07) is 8.69. The molecule has 1 saturated carbocycles. The monoisotopic (exact) mass is 213 g/mol. The maximum Gasteiger partial charge on any atom is 0.0670 e. The van der Waals surface area contributed by atoms with Crippen molar-refractivity contribution in [3.63, 3.8) is 0 Å². The second-order valence-corrected chi connectivity index (χ2v) is 5.32. The SMILES string of the molecule is CC12CCCCCCC1=Nc1ccccc12. The van der Waals surface area contributed by atoms with Crippen LogP contribution < -0.4 is 0 Å². The minimum Gasteiger partial charge on any atom is -0.257 e. The molecule has 0 radical (unpaired) electrons. The average molecular weight is 213 g/mol. The van der Waals surface area contributed by atoms with Crippen molar-refractivity contribution in [2.24, 2.45) is 4.99 Å². The molecule has 1 nitrogen and oxygen atoms in total. The third-order valence-electron chi connectivity index (χ3n) is 4.23. The number of rotatable bonds is 0. The maximum absolute atomic E-state index is 4.86. The molecule has 1 fully saturated rings. The lowest BCUT2D eigenvalue weighted by Gasteiger charge is -2.29. The van der Waals surface area contributed by atoms with E-state index in [4.69, 9.17) is 4.99 Å². The summed E-state index contributed by atoms with van der Waals surface area (Å²) in [7, 11) is 0. The molecule has 1 unspecified atom stereocenters. The topological polar surface area (TPSA) is 12.4 Å². The molecule has 1 heteroatoms. The highest BCUT2D eigenvalue weighted by molar-refractivity contribution is 6.01. The van der Waals surface area contributed by atoms with Crippen molar-refractivity contribution in [3.8, 4) is 0 Å². The predicted octanol–water partition coefficient (Wildman–Crippen LogP) is 4.38. The van der Waals surface area contributed by atoms with Crippen molar-refractivity contribution in [3.05, 3.63) is 29.8 Å². The zero-order chi connectivity index (χ0) is 11.0. The summed E-state index contributed by atoms with van der Waals surface area (Å²) in [4.78, 5) is 4.86. The zero-order valence-corrected chi connectivity index (χ0v) is 10.00. The van der Waals surface area contributed by atoms with E-state index in [9.17, 15) is 0 Å². The third kappa shape index (κ3) is 1.41.